The number of carbonyl (C=O) groups is 1. The van der Waals surface area contributed by atoms with Gasteiger partial charge in [0.1, 0.15) is 5.82 Å². The summed E-state index contributed by atoms with van der Waals surface area (Å²) in [6.45, 7) is 0.556. The van der Waals surface area contributed by atoms with Crippen LogP contribution in [0.3, 0.4) is 0 Å². The zero-order valence-electron chi connectivity index (χ0n) is 11.0. The lowest BCUT2D eigenvalue weighted by Crippen LogP contribution is -2.31. The molecular formula is C12H14FNO6S. The van der Waals surface area contributed by atoms with Crippen LogP contribution in [-0.4, -0.2) is 59.3 Å². The number of carboxylic acid groups (broad SMARTS) is 1. The van der Waals surface area contributed by atoms with Crippen molar-refractivity contribution in [3.63, 3.8) is 0 Å². The minimum Gasteiger partial charge on any atom is -0.478 e. The quantitative estimate of drug-likeness (QED) is 0.695. The van der Waals surface area contributed by atoms with Crippen LogP contribution in [0.4, 0.5) is 4.39 Å². The molecule has 1 fully saturated rings. The summed E-state index contributed by atoms with van der Waals surface area (Å²) < 4.78 is 39.4. The maximum Gasteiger partial charge on any atom is 0.335 e. The Morgan fingerprint density at radius 1 is 1.29 bits per heavy atom. The van der Waals surface area contributed by atoms with Crippen molar-refractivity contribution in [3.8, 4) is 0 Å². The van der Waals surface area contributed by atoms with Gasteiger partial charge in [0.2, 0.25) is 10.0 Å². The molecule has 21 heavy (non-hydrogen) atoms. The van der Waals surface area contributed by atoms with Crippen molar-refractivity contribution in [2.45, 2.75) is 24.0 Å². The summed E-state index contributed by atoms with van der Waals surface area (Å²) in [4.78, 5) is 10.4. The second-order valence-electron chi connectivity index (χ2n) is 4.84. The first kappa shape index (κ1) is 15.8. The van der Waals surface area contributed by atoms with E-state index in [9.17, 15) is 27.8 Å². The van der Waals surface area contributed by atoms with Gasteiger partial charge < -0.3 is 15.3 Å². The van der Waals surface area contributed by atoms with Crippen molar-refractivity contribution in [2.75, 3.05) is 13.1 Å². The van der Waals surface area contributed by atoms with Crippen molar-refractivity contribution in [1.29, 1.82) is 0 Å². The lowest BCUT2D eigenvalue weighted by atomic mass is 10.1. The Hall–Kier alpha value is -1.55. The highest BCUT2D eigenvalue weighted by molar-refractivity contribution is 7.89. The molecule has 0 aliphatic carbocycles. The fraction of sp³-hybridized carbons (Fsp3) is 0.417. The summed E-state index contributed by atoms with van der Waals surface area (Å²) in [6.07, 6.45) is -2.46. The van der Waals surface area contributed by atoms with Crippen LogP contribution in [-0.2, 0) is 10.0 Å². The van der Waals surface area contributed by atoms with Crippen LogP contribution in [0.15, 0.2) is 17.0 Å². The van der Waals surface area contributed by atoms with Gasteiger partial charge in [0.15, 0.2) is 0 Å². The Morgan fingerprint density at radius 3 is 2.29 bits per heavy atom. The van der Waals surface area contributed by atoms with Gasteiger partial charge in [0, 0.05) is 18.7 Å². The molecule has 0 saturated carbocycles. The van der Waals surface area contributed by atoms with Crippen LogP contribution in [0.5, 0.6) is 0 Å². The summed E-state index contributed by atoms with van der Waals surface area (Å²) in [5.74, 6) is -2.40. The predicted molar refractivity (Wildman–Crippen MR) is 68.9 cm³/mol. The Morgan fingerprint density at radius 2 is 1.81 bits per heavy atom. The third-order valence-electron chi connectivity index (χ3n) is 3.39. The van der Waals surface area contributed by atoms with Gasteiger partial charge >= 0.3 is 5.97 Å². The van der Waals surface area contributed by atoms with E-state index in [1.807, 2.05) is 0 Å². The van der Waals surface area contributed by atoms with E-state index in [0.29, 0.717) is 0 Å². The molecular weight excluding hydrogens is 305 g/mol. The first-order valence-electron chi connectivity index (χ1n) is 6.04. The van der Waals surface area contributed by atoms with E-state index >= 15 is 0 Å². The Labute approximate surface area is 120 Å². The lowest BCUT2D eigenvalue weighted by molar-refractivity contribution is 0.0572. The number of halogens is 1. The minimum absolute atomic E-state index is 0.212. The molecule has 1 aromatic rings. The molecule has 1 heterocycles. The first-order chi connectivity index (χ1) is 9.64. The number of sulfonamides is 1. The highest BCUT2D eigenvalue weighted by atomic mass is 32.2. The third kappa shape index (κ3) is 2.77. The number of nitrogens with zero attached hydrogens (tertiary/aromatic N) is 1. The van der Waals surface area contributed by atoms with Crippen LogP contribution in [0.2, 0.25) is 0 Å². The van der Waals surface area contributed by atoms with Crippen molar-refractivity contribution in [2.24, 2.45) is 0 Å². The summed E-state index contributed by atoms with van der Waals surface area (Å²) in [5.41, 5.74) is -0.701. The molecule has 0 bridgehead atoms. The molecule has 0 unspecified atom stereocenters. The van der Waals surface area contributed by atoms with Gasteiger partial charge in [-0.05, 0) is 19.1 Å². The van der Waals surface area contributed by atoms with Crippen molar-refractivity contribution >= 4 is 16.0 Å². The summed E-state index contributed by atoms with van der Waals surface area (Å²) in [6, 6.07) is 1.61. The monoisotopic (exact) mass is 319 g/mol. The maximum absolute atomic E-state index is 13.7. The zero-order chi connectivity index (χ0) is 15.9. The van der Waals surface area contributed by atoms with Gasteiger partial charge in [0.05, 0.1) is 22.7 Å². The van der Waals surface area contributed by atoms with Gasteiger partial charge in [-0.15, -0.1) is 0 Å². The first-order valence-corrected chi connectivity index (χ1v) is 7.48. The molecule has 0 aromatic heterocycles. The number of benzene rings is 1. The number of hydrogen-bond acceptors (Lipinski definition) is 5. The zero-order valence-corrected chi connectivity index (χ0v) is 11.8. The van der Waals surface area contributed by atoms with Crippen LogP contribution in [0.25, 0.3) is 0 Å². The molecule has 3 N–H and O–H groups in total. The maximum atomic E-state index is 13.7. The minimum atomic E-state index is -4.20. The van der Waals surface area contributed by atoms with Gasteiger partial charge in [-0.2, -0.15) is 4.31 Å². The smallest absolute Gasteiger partial charge is 0.335 e. The number of hydrogen-bond donors (Lipinski definition) is 3. The number of aromatic carboxylic acids is 1. The highest BCUT2D eigenvalue weighted by Crippen LogP contribution is 2.26. The SMILES string of the molecule is Cc1c(F)cc(C(=O)O)cc1S(=O)(=O)N1C[C@@H](O)[C@@H](O)C1. The molecule has 0 radical (unpaired) electrons. The molecule has 1 saturated heterocycles. The molecule has 0 amide bonds. The Bertz CT molecular complexity index is 679. The fourth-order valence-corrected chi connectivity index (χ4v) is 3.85. The van der Waals surface area contributed by atoms with Crippen LogP contribution < -0.4 is 0 Å². The Balaban J connectivity index is 2.52. The predicted octanol–water partition coefficient (Wildman–Crippen LogP) is -0.442. The van der Waals surface area contributed by atoms with Crippen LogP contribution in [0.1, 0.15) is 15.9 Å². The molecule has 1 aliphatic rings. The number of β-amino-alcohol motifs (C(OH)–C–C–N with tert-alkyl or cyclic N) is 2. The highest BCUT2D eigenvalue weighted by Gasteiger charge is 2.38. The number of aliphatic hydroxyl groups excluding tert-OH is 2. The summed E-state index contributed by atoms with van der Waals surface area (Å²) in [5, 5.41) is 27.7. The fourth-order valence-electron chi connectivity index (χ4n) is 2.12. The third-order valence-corrected chi connectivity index (χ3v) is 5.34. The topological polar surface area (TPSA) is 115 Å². The molecule has 2 atom stereocenters. The average Bonchev–Trinajstić information content (AvgIpc) is 2.73. The second kappa shape index (κ2) is 5.34. The molecule has 2 rings (SSSR count). The average molecular weight is 319 g/mol. The van der Waals surface area contributed by atoms with Crippen LogP contribution in [0, 0.1) is 12.7 Å². The van der Waals surface area contributed by atoms with Crippen LogP contribution >= 0.6 is 0 Å². The largest absolute Gasteiger partial charge is 0.478 e. The molecule has 1 aliphatic heterocycles. The normalized spacial score (nSPS) is 23.4. The van der Waals surface area contributed by atoms with Crippen molar-refractivity contribution in [3.05, 3.63) is 29.1 Å². The van der Waals surface area contributed by atoms with E-state index in [1.54, 1.807) is 0 Å². The van der Waals surface area contributed by atoms with Gasteiger partial charge in [0.25, 0.3) is 0 Å². The van der Waals surface area contributed by atoms with Crippen molar-refractivity contribution < 1.29 is 32.9 Å². The number of rotatable bonds is 3. The van der Waals surface area contributed by atoms with Crippen molar-refractivity contribution in [1.82, 2.24) is 4.31 Å². The molecule has 7 nitrogen and oxygen atoms in total. The van der Waals surface area contributed by atoms with Gasteiger partial charge in [-0.25, -0.2) is 17.6 Å². The lowest BCUT2D eigenvalue weighted by Gasteiger charge is -2.18. The van der Waals surface area contributed by atoms with Gasteiger partial charge in [-0.1, -0.05) is 0 Å². The standard InChI is InChI=1S/C12H14FNO6S/c1-6-8(13)2-7(12(17)18)3-11(6)21(19,20)14-4-9(15)10(16)5-14/h2-3,9-10,15-16H,4-5H2,1H3,(H,17,18)/t9-,10+. The number of carboxylic acids is 1. The van der Waals surface area contributed by atoms with E-state index in [2.05, 4.69) is 0 Å². The van der Waals surface area contributed by atoms with E-state index in [-0.39, 0.29) is 18.7 Å². The molecule has 0 spiro atoms. The van der Waals surface area contributed by atoms with E-state index in [0.717, 1.165) is 16.4 Å². The van der Waals surface area contributed by atoms with E-state index in [1.165, 1.54) is 6.92 Å². The van der Waals surface area contributed by atoms with E-state index in [4.69, 9.17) is 5.11 Å². The second-order valence-corrected chi connectivity index (χ2v) is 6.75. The Kier molecular flexibility index (Phi) is 4.02. The molecule has 1 aromatic carbocycles. The summed E-state index contributed by atoms with van der Waals surface area (Å²) in [7, 11) is -4.20. The van der Waals surface area contributed by atoms with Gasteiger partial charge in [-0.3, -0.25) is 0 Å². The van der Waals surface area contributed by atoms with E-state index < -0.39 is 44.5 Å². The summed E-state index contributed by atoms with van der Waals surface area (Å²) >= 11 is 0. The number of aliphatic hydroxyl groups is 2. The molecule has 9 heteroatoms. The molecule has 116 valence electrons.